The van der Waals surface area contributed by atoms with Crippen LogP contribution in [0, 0.1) is 6.57 Å². The highest BCUT2D eigenvalue weighted by Gasteiger charge is 2.13. The molecule has 1 aromatic carbocycles. The molecule has 0 fully saturated rings. The fraction of sp³-hybridized carbons (Fsp3) is 0.308. The number of hydrogen-bond acceptors (Lipinski definition) is 3. The predicted octanol–water partition coefficient (Wildman–Crippen LogP) is 2.99. The Balaban J connectivity index is 3.38. The molecule has 0 saturated carbocycles. The van der Waals surface area contributed by atoms with Crippen molar-refractivity contribution in [2.45, 2.75) is 6.92 Å². The number of methoxy groups -OCH3 is 3. The minimum absolute atomic E-state index is 0.550. The highest BCUT2D eigenvalue weighted by molar-refractivity contribution is 5.70. The van der Waals surface area contributed by atoms with E-state index in [1.807, 2.05) is 19.1 Å². The van der Waals surface area contributed by atoms with Crippen LogP contribution in [0.3, 0.4) is 0 Å². The zero-order valence-corrected chi connectivity index (χ0v) is 10.4. The van der Waals surface area contributed by atoms with Crippen molar-refractivity contribution in [1.82, 2.24) is 0 Å². The molecule has 0 aliphatic carbocycles. The summed E-state index contributed by atoms with van der Waals surface area (Å²) in [7, 11) is 4.69. The number of benzene rings is 1. The lowest BCUT2D eigenvalue weighted by molar-refractivity contribution is 0.324. The SMILES string of the molecule is [C-]#[N+]/C=C(\C)c1cc(OC)c(OC)c(OC)c1. The first-order valence-corrected chi connectivity index (χ1v) is 5.01. The van der Waals surface area contributed by atoms with Gasteiger partial charge in [0, 0.05) is 0 Å². The van der Waals surface area contributed by atoms with Crippen LogP contribution in [0.1, 0.15) is 12.5 Å². The quantitative estimate of drug-likeness (QED) is 0.749. The van der Waals surface area contributed by atoms with E-state index in [9.17, 15) is 0 Å². The summed E-state index contributed by atoms with van der Waals surface area (Å²) in [5.41, 5.74) is 1.72. The maximum atomic E-state index is 6.82. The lowest BCUT2D eigenvalue weighted by Crippen LogP contribution is -1.96. The molecule has 0 unspecified atom stereocenters. The summed E-state index contributed by atoms with van der Waals surface area (Å²) in [5.74, 6) is 1.72. The van der Waals surface area contributed by atoms with Gasteiger partial charge in [-0.15, -0.1) is 0 Å². The summed E-state index contributed by atoms with van der Waals surface area (Å²) >= 11 is 0. The minimum Gasteiger partial charge on any atom is -0.493 e. The highest BCUT2D eigenvalue weighted by atomic mass is 16.5. The fourth-order valence-corrected chi connectivity index (χ4v) is 1.48. The van der Waals surface area contributed by atoms with Crippen molar-refractivity contribution in [2.75, 3.05) is 21.3 Å². The Morgan fingerprint density at radius 1 is 1.12 bits per heavy atom. The molecule has 0 aliphatic rings. The van der Waals surface area contributed by atoms with Gasteiger partial charge in [-0.2, -0.15) is 0 Å². The van der Waals surface area contributed by atoms with Crippen LogP contribution in [-0.2, 0) is 0 Å². The third-order valence-electron chi connectivity index (χ3n) is 2.38. The van der Waals surface area contributed by atoms with E-state index < -0.39 is 0 Å². The lowest BCUT2D eigenvalue weighted by atomic mass is 10.1. The third-order valence-corrected chi connectivity index (χ3v) is 2.38. The van der Waals surface area contributed by atoms with Crippen molar-refractivity contribution in [3.8, 4) is 17.2 Å². The molecule has 0 amide bonds. The highest BCUT2D eigenvalue weighted by Crippen LogP contribution is 2.39. The van der Waals surface area contributed by atoms with Crippen molar-refractivity contribution in [3.05, 3.63) is 35.3 Å². The first kappa shape index (κ1) is 12.9. The second-order valence-corrected chi connectivity index (χ2v) is 3.36. The monoisotopic (exact) mass is 233 g/mol. The molecule has 0 aliphatic heterocycles. The number of ether oxygens (including phenoxy) is 3. The Hall–Kier alpha value is -2.15. The van der Waals surface area contributed by atoms with Gasteiger partial charge in [0.15, 0.2) is 17.7 Å². The van der Waals surface area contributed by atoms with Gasteiger partial charge < -0.3 is 14.2 Å². The Morgan fingerprint density at radius 2 is 1.65 bits per heavy atom. The minimum atomic E-state index is 0.550. The Morgan fingerprint density at radius 3 is 2.00 bits per heavy atom. The summed E-state index contributed by atoms with van der Waals surface area (Å²) in [6.07, 6.45) is 1.46. The smallest absolute Gasteiger partial charge is 0.203 e. The molecular weight excluding hydrogens is 218 g/mol. The van der Waals surface area contributed by atoms with Gasteiger partial charge >= 0.3 is 0 Å². The molecule has 0 atom stereocenters. The van der Waals surface area contributed by atoms with Gasteiger partial charge in [-0.3, -0.25) is 0 Å². The topological polar surface area (TPSA) is 32.0 Å². The van der Waals surface area contributed by atoms with Crippen LogP contribution in [0.25, 0.3) is 10.4 Å². The third kappa shape index (κ3) is 2.70. The first-order valence-electron chi connectivity index (χ1n) is 5.01. The molecule has 0 heterocycles. The Labute approximate surface area is 101 Å². The van der Waals surface area contributed by atoms with E-state index in [2.05, 4.69) is 4.85 Å². The van der Waals surface area contributed by atoms with Gasteiger partial charge in [0.05, 0.1) is 27.9 Å². The van der Waals surface area contributed by atoms with Gasteiger partial charge in [-0.1, -0.05) is 0 Å². The maximum absolute atomic E-state index is 6.82. The van der Waals surface area contributed by atoms with Crippen LogP contribution >= 0.6 is 0 Å². The number of allylic oxidation sites excluding steroid dienone is 1. The van der Waals surface area contributed by atoms with Gasteiger partial charge in [0.25, 0.3) is 0 Å². The van der Waals surface area contributed by atoms with Crippen molar-refractivity contribution in [3.63, 3.8) is 0 Å². The zero-order chi connectivity index (χ0) is 12.8. The summed E-state index contributed by atoms with van der Waals surface area (Å²) in [6.45, 7) is 8.68. The first-order chi connectivity index (χ1) is 8.17. The van der Waals surface area contributed by atoms with E-state index in [0.717, 1.165) is 11.1 Å². The zero-order valence-electron chi connectivity index (χ0n) is 10.4. The Kier molecular flexibility index (Phi) is 4.41. The Bertz CT molecular complexity index is 447. The van der Waals surface area contributed by atoms with Crippen molar-refractivity contribution in [2.24, 2.45) is 0 Å². The average Bonchev–Trinajstić information content (AvgIpc) is 2.37. The van der Waals surface area contributed by atoms with E-state index in [1.165, 1.54) is 6.20 Å². The van der Waals surface area contributed by atoms with Crippen LogP contribution in [0.4, 0.5) is 0 Å². The molecule has 90 valence electrons. The van der Waals surface area contributed by atoms with Gasteiger partial charge in [0.1, 0.15) is 0 Å². The lowest BCUT2D eigenvalue weighted by Gasteiger charge is -2.14. The number of rotatable bonds is 4. The van der Waals surface area contributed by atoms with Crippen LogP contribution in [0.2, 0.25) is 0 Å². The molecule has 1 aromatic rings. The van der Waals surface area contributed by atoms with Crippen molar-refractivity contribution >= 4 is 5.57 Å². The van der Waals surface area contributed by atoms with E-state index in [-0.39, 0.29) is 0 Å². The molecule has 0 N–H and O–H groups in total. The standard InChI is InChI=1S/C13H15NO3/c1-9(8-14-2)10-6-11(15-3)13(17-5)12(7-10)16-4/h6-8H,1,3-5H3/b9-8+. The summed E-state index contributed by atoms with van der Waals surface area (Å²) in [6, 6.07) is 3.64. The second kappa shape index (κ2) is 5.80. The number of hydrogen-bond donors (Lipinski definition) is 0. The van der Waals surface area contributed by atoms with Gasteiger partial charge in [-0.25, -0.2) is 4.85 Å². The molecule has 1 rings (SSSR count). The molecule has 0 spiro atoms. The van der Waals surface area contributed by atoms with Gasteiger partial charge in [0.2, 0.25) is 5.75 Å². The molecule has 17 heavy (non-hydrogen) atoms. The van der Waals surface area contributed by atoms with E-state index >= 15 is 0 Å². The van der Waals surface area contributed by atoms with Crippen molar-refractivity contribution in [1.29, 1.82) is 0 Å². The molecule has 0 saturated heterocycles. The van der Waals surface area contributed by atoms with Crippen molar-refractivity contribution < 1.29 is 14.2 Å². The van der Waals surface area contributed by atoms with Crippen LogP contribution in [0.15, 0.2) is 18.3 Å². The summed E-state index contributed by atoms with van der Waals surface area (Å²) in [4.78, 5) is 3.24. The molecule has 0 bridgehead atoms. The van der Waals surface area contributed by atoms with Gasteiger partial charge in [-0.05, 0) is 30.2 Å². The maximum Gasteiger partial charge on any atom is 0.203 e. The molecule has 4 heteroatoms. The van der Waals surface area contributed by atoms with Crippen LogP contribution in [-0.4, -0.2) is 21.3 Å². The predicted molar refractivity (Wildman–Crippen MR) is 66.4 cm³/mol. The van der Waals surface area contributed by atoms with E-state index in [4.69, 9.17) is 20.8 Å². The van der Waals surface area contributed by atoms with Crippen LogP contribution < -0.4 is 14.2 Å². The summed E-state index contributed by atoms with van der Waals surface area (Å²) < 4.78 is 15.7. The molecule has 0 radical (unpaired) electrons. The summed E-state index contributed by atoms with van der Waals surface area (Å²) in [5, 5.41) is 0. The fourth-order valence-electron chi connectivity index (χ4n) is 1.48. The van der Waals surface area contributed by atoms with Crippen LogP contribution in [0.5, 0.6) is 17.2 Å². The largest absolute Gasteiger partial charge is 0.493 e. The molecule has 0 aromatic heterocycles. The molecular formula is C13H15NO3. The molecule has 4 nitrogen and oxygen atoms in total. The average molecular weight is 233 g/mol. The normalized spacial score (nSPS) is 10.6. The number of nitrogens with zero attached hydrogens (tertiary/aromatic N) is 1. The van der Waals surface area contributed by atoms with E-state index in [0.29, 0.717) is 17.2 Å². The second-order valence-electron chi connectivity index (χ2n) is 3.36. The van der Waals surface area contributed by atoms with E-state index in [1.54, 1.807) is 21.3 Å².